The lowest BCUT2D eigenvalue weighted by Gasteiger charge is -2.19. The Hall–Kier alpha value is -1.30. The van der Waals surface area contributed by atoms with Crippen molar-refractivity contribution in [3.8, 4) is 0 Å². The molecule has 0 nitrogen and oxygen atoms in total. The predicted octanol–water partition coefficient (Wildman–Crippen LogP) is 5.89. The minimum Gasteiger partial charge on any atom is -0.0811 e. The van der Waals surface area contributed by atoms with Crippen LogP contribution in [0.1, 0.15) is 64.5 Å². The molecule has 0 aliphatic heterocycles. The lowest BCUT2D eigenvalue weighted by molar-refractivity contribution is 0.590. The number of hydrogen-bond acceptors (Lipinski definition) is 0. The van der Waals surface area contributed by atoms with Crippen LogP contribution in [-0.4, -0.2) is 0 Å². The highest BCUT2D eigenvalue weighted by molar-refractivity contribution is 5.58. The molecule has 0 saturated carbocycles. The third-order valence-electron chi connectivity index (χ3n) is 3.96. The highest BCUT2D eigenvalue weighted by Gasteiger charge is 2.12. The third kappa shape index (κ3) is 3.83. The monoisotopic (exact) mass is 254 g/mol. The SMILES string of the molecule is CC(=Cc1ccc(C(C)(C)C)cc1)C1=CCCCC1. The van der Waals surface area contributed by atoms with Crippen molar-refractivity contribution in [2.24, 2.45) is 0 Å². The molecule has 1 aliphatic rings. The van der Waals surface area contributed by atoms with Crippen LogP contribution in [0.3, 0.4) is 0 Å². The van der Waals surface area contributed by atoms with Gasteiger partial charge in [-0.2, -0.15) is 0 Å². The molecular weight excluding hydrogens is 228 g/mol. The number of hydrogen-bond donors (Lipinski definition) is 0. The van der Waals surface area contributed by atoms with Crippen molar-refractivity contribution in [1.82, 2.24) is 0 Å². The van der Waals surface area contributed by atoms with Crippen LogP contribution in [0.2, 0.25) is 0 Å². The highest BCUT2D eigenvalue weighted by atomic mass is 14.2. The molecule has 1 aromatic carbocycles. The Labute approximate surface area is 118 Å². The molecule has 0 radical (unpaired) electrons. The molecule has 0 saturated heterocycles. The van der Waals surface area contributed by atoms with Gasteiger partial charge in [0, 0.05) is 0 Å². The van der Waals surface area contributed by atoms with Gasteiger partial charge in [0.1, 0.15) is 0 Å². The van der Waals surface area contributed by atoms with Gasteiger partial charge in [0.15, 0.2) is 0 Å². The number of rotatable bonds is 2. The van der Waals surface area contributed by atoms with E-state index in [0.29, 0.717) is 0 Å². The second-order valence-electron chi connectivity index (χ2n) is 6.67. The topological polar surface area (TPSA) is 0 Å². The molecule has 2 rings (SSSR count). The maximum absolute atomic E-state index is 2.42. The minimum absolute atomic E-state index is 0.239. The first kappa shape index (κ1) is 14.1. The van der Waals surface area contributed by atoms with E-state index in [2.05, 4.69) is 64.1 Å². The van der Waals surface area contributed by atoms with E-state index in [1.54, 1.807) is 5.57 Å². The summed E-state index contributed by atoms with van der Waals surface area (Å²) in [6, 6.07) is 9.00. The van der Waals surface area contributed by atoms with Gasteiger partial charge >= 0.3 is 0 Å². The fourth-order valence-electron chi connectivity index (χ4n) is 2.62. The predicted molar refractivity (Wildman–Crippen MR) is 85.3 cm³/mol. The standard InChI is InChI=1S/C19H26/c1-15(17-8-6-5-7-9-17)14-16-10-12-18(13-11-16)19(2,3)4/h8,10-14H,5-7,9H2,1-4H3. The molecule has 0 N–H and O–H groups in total. The second kappa shape index (κ2) is 5.77. The quantitative estimate of drug-likeness (QED) is 0.617. The molecule has 0 heteroatoms. The van der Waals surface area contributed by atoms with Gasteiger partial charge in [-0.3, -0.25) is 0 Å². The zero-order valence-corrected chi connectivity index (χ0v) is 12.8. The van der Waals surface area contributed by atoms with Crippen LogP contribution in [0.25, 0.3) is 6.08 Å². The van der Waals surface area contributed by atoms with Gasteiger partial charge in [0.2, 0.25) is 0 Å². The molecule has 0 unspecified atom stereocenters. The summed E-state index contributed by atoms with van der Waals surface area (Å²) < 4.78 is 0. The van der Waals surface area contributed by atoms with E-state index < -0.39 is 0 Å². The molecule has 1 aliphatic carbocycles. The van der Waals surface area contributed by atoms with Crippen molar-refractivity contribution in [3.63, 3.8) is 0 Å². The molecule has 0 aromatic heterocycles. The van der Waals surface area contributed by atoms with Crippen molar-refractivity contribution in [2.45, 2.75) is 58.8 Å². The van der Waals surface area contributed by atoms with Crippen LogP contribution in [0, 0.1) is 0 Å². The summed E-state index contributed by atoms with van der Waals surface area (Å²) in [5, 5.41) is 0. The molecular formula is C19H26. The Morgan fingerprint density at radius 3 is 2.26 bits per heavy atom. The highest BCUT2D eigenvalue weighted by Crippen LogP contribution is 2.26. The lowest BCUT2D eigenvalue weighted by atomic mass is 9.86. The Bertz CT molecular complexity index is 478. The Kier molecular flexibility index (Phi) is 4.29. The summed E-state index contributed by atoms with van der Waals surface area (Å²) in [6.07, 6.45) is 9.95. The van der Waals surface area contributed by atoms with Crippen LogP contribution < -0.4 is 0 Å². The summed E-state index contributed by atoms with van der Waals surface area (Å²) in [6.45, 7) is 9.02. The molecule has 0 fully saturated rings. The van der Waals surface area contributed by atoms with Gasteiger partial charge in [0.25, 0.3) is 0 Å². The molecule has 19 heavy (non-hydrogen) atoms. The molecule has 0 heterocycles. The molecule has 1 aromatic rings. The first-order chi connectivity index (χ1) is 8.97. The van der Waals surface area contributed by atoms with E-state index in [1.807, 2.05) is 0 Å². The van der Waals surface area contributed by atoms with E-state index in [1.165, 1.54) is 42.4 Å². The summed E-state index contributed by atoms with van der Waals surface area (Å²) >= 11 is 0. The average molecular weight is 254 g/mol. The van der Waals surface area contributed by atoms with Crippen LogP contribution >= 0.6 is 0 Å². The maximum Gasteiger partial charge on any atom is -0.0132 e. The van der Waals surface area contributed by atoms with Gasteiger partial charge in [-0.15, -0.1) is 0 Å². The van der Waals surface area contributed by atoms with Gasteiger partial charge < -0.3 is 0 Å². The normalized spacial score (nSPS) is 17.3. The third-order valence-corrected chi connectivity index (χ3v) is 3.96. The van der Waals surface area contributed by atoms with Crippen LogP contribution in [0.4, 0.5) is 0 Å². The molecule has 102 valence electrons. The zero-order valence-electron chi connectivity index (χ0n) is 12.8. The van der Waals surface area contributed by atoms with E-state index >= 15 is 0 Å². The summed E-state index contributed by atoms with van der Waals surface area (Å²) in [5.74, 6) is 0. The van der Waals surface area contributed by atoms with Crippen molar-refractivity contribution in [1.29, 1.82) is 0 Å². The van der Waals surface area contributed by atoms with Crippen LogP contribution in [0.15, 0.2) is 41.5 Å². The molecule has 0 bridgehead atoms. The van der Waals surface area contributed by atoms with Gasteiger partial charge in [0.05, 0.1) is 0 Å². The van der Waals surface area contributed by atoms with Crippen molar-refractivity contribution < 1.29 is 0 Å². The van der Waals surface area contributed by atoms with Crippen LogP contribution in [0.5, 0.6) is 0 Å². The Morgan fingerprint density at radius 2 is 1.74 bits per heavy atom. The largest absolute Gasteiger partial charge is 0.0811 e. The molecule has 0 spiro atoms. The average Bonchev–Trinajstić information content (AvgIpc) is 2.39. The first-order valence-corrected chi connectivity index (χ1v) is 7.45. The Balaban J connectivity index is 2.16. The van der Waals surface area contributed by atoms with E-state index in [0.717, 1.165) is 0 Å². The maximum atomic E-state index is 2.42. The van der Waals surface area contributed by atoms with Gasteiger partial charge in [-0.25, -0.2) is 0 Å². The van der Waals surface area contributed by atoms with Crippen molar-refractivity contribution >= 4 is 6.08 Å². The van der Waals surface area contributed by atoms with E-state index in [-0.39, 0.29) is 5.41 Å². The zero-order chi connectivity index (χ0) is 13.9. The number of benzene rings is 1. The van der Waals surface area contributed by atoms with Crippen molar-refractivity contribution in [2.75, 3.05) is 0 Å². The lowest BCUT2D eigenvalue weighted by Crippen LogP contribution is -2.10. The number of allylic oxidation sites excluding steroid dienone is 3. The summed E-state index contributed by atoms with van der Waals surface area (Å²) in [7, 11) is 0. The van der Waals surface area contributed by atoms with Gasteiger partial charge in [-0.1, -0.05) is 57.2 Å². The van der Waals surface area contributed by atoms with Crippen LogP contribution in [-0.2, 0) is 5.41 Å². The van der Waals surface area contributed by atoms with Crippen molar-refractivity contribution in [3.05, 3.63) is 52.6 Å². The van der Waals surface area contributed by atoms with E-state index in [4.69, 9.17) is 0 Å². The van der Waals surface area contributed by atoms with Gasteiger partial charge in [-0.05, 0) is 60.3 Å². The summed E-state index contributed by atoms with van der Waals surface area (Å²) in [4.78, 5) is 0. The van der Waals surface area contributed by atoms with E-state index in [9.17, 15) is 0 Å². The second-order valence-corrected chi connectivity index (χ2v) is 6.67. The molecule has 0 amide bonds. The fraction of sp³-hybridized carbons (Fsp3) is 0.474. The Morgan fingerprint density at radius 1 is 1.05 bits per heavy atom. The summed E-state index contributed by atoms with van der Waals surface area (Å²) in [5.41, 5.74) is 5.94. The first-order valence-electron chi connectivity index (χ1n) is 7.45. The minimum atomic E-state index is 0.239. The smallest absolute Gasteiger partial charge is 0.0132 e. The fourth-order valence-corrected chi connectivity index (χ4v) is 2.62. The molecule has 0 atom stereocenters.